The van der Waals surface area contributed by atoms with Crippen molar-refractivity contribution in [3.8, 4) is 0 Å². The quantitative estimate of drug-likeness (QED) is 0.697. The molecule has 1 nitrogen and oxygen atoms in total. The second-order valence-electron chi connectivity index (χ2n) is 4.66. The van der Waals surface area contributed by atoms with Crippen molar-refractivity contribution < 1.29 is 0 Å². The Kier molecular flexibility index (Phi) is 4.54. The first-order chi connectivity index (χ1) is 5.88. The van der Waals surface area contributed by atoms with E-state index in [-0.39, 0.29) is 12.4 Å². The van der Waals surface area contributed by atoms with E-state index in [1.165, 1.54) is 51.4 Å². The van der Waals surface area contributed by atoms with E-state index in [4.69, 9.17) is 5.73 Å². The average Bonchev–Trinajstić information content (AvgIpc) is 2.53. The fourth-order valence-corrected chi connectivity index (χ4v) is 3.17. The Bertz CT molecular complexity index is 143. The lowest BCUT2D eigenvalue weighted by atomic mass is 9.78. The van der Waals surface area contributed by atoms with Crippen LogP contribution < -0.4 is 5.73 Å². The van der Waals surface area contributed by atoms with E-state index in [9.17, 15) is 0 Å². The molecule has 0 saturated heterocycles. The van der Waals surface area contributed by atoms with Gasteiger partial charge in [-0.1, -0.05) is 38.5 Å². The van der Waals surface area contributed by atoms with Crippen LogP contribution >= 0.6 is 12.4 Å². The molecule has 2 aliphatic carbocycles. The van der Waals surface area contributed by atoms with Crippen molar-refractivity contribution >= 4 is 12.4 Å². The number of rotatable bonds is 1. The van der Waals surface area contributed by atoms with Crippen LogP contribution in [-0.2, 0) is 0 Å². The SMILES string of the molecule is Cl.N[C@@H]1CCC[C@@H]1C1CCCCC1. The molecule has 0 bridgehead atoms. The summed E-state index contributed by atoms with van der Waals surface area (Å²) in [5, 5.41) is 0. The van der Waals surface area contributed by atoms with Gasteiger partial charge < -0.3 is 5.73 Å². The summed E-state index contributed by atoms with van der Waals surface area (Å²) in [6.07, 6.45) is 11.5. The molecule has 2 fully saturated rings. The molecule has 0 aromatic rings. The normalized spacial score (nSPS) is 35.8. The van der Waals surface area contributed by atoms with E-state index in [1.54, 1.807) is 0 Å². The number of nitrogens with two attached hydrogens (primary N) is 1. The summed E-state index contributed by atoms with van der Waals surface area (Å²) in [6.45, 7) is 0. The molecule has 2 N–H and O–H groups in total. The first-order valence-electron chi connectivity index (χ1n) is 5.63. The van der Waals surface area contributed by atoms with Gasteiger partial charge >= 0.3 is 0 Å². The van der Waals surface area contributed by atoms with Crippen LogP contribution in [0.2, 0.25) is 0 Å². The van der Waals surface area contributed by atoms with Crippen molar-refractivity contribution in [3.05, 3.63) is 0 Å². The number of hydrogen-bond acceptors (Lipinski definition) is 1. The molecule has 0 unspecified atom stereocenters. The van der Waals surface area contributed by atoms with Crippen LogP contribution in [0, 0.1) is 11.8 Å². The first-order valence-corrected chi connectivity index (χ1v) is 5.63. The van der Waals surface area contributed by atoms with Gasteiger partial charge in [0, 0.05) is 6.04 Å². The molecule has 2 aliphatic rings. The highest BCUT2D eigenvalue weighted by Crippen LogP contribution is 2.38. The summed E-state index contributed by atoms with van der Waals surface area (Å²) in [5.41, 5.74) is 6.11. The Morgan fingerprint density at radius 2 is 1.46 bits per heavy atom. The molecule has 0 heterocycles. The maximum atomic E-state index is 6.11. The lowest BCUT2D eigenvalue weighted by Crippen LogP contribution is -2.31. The smallest absolute Gasteiger partial charge is 0.00698 e. The van der Waals surface area contributed by atoms with Crippen LogP contribution in [0.5, 0.6) is 0 Å². The fourth-order valence-electron chi connectivity index (χ4n) is 3.17. The third-order valence-electron chi connectivity index (χ3n) is 3.88. The van der Waals surface area contributed by atoms with Gasteiger partial charge in [-0.2, -0.15) is 0 Å². The van der Waals surface area contributed by atoms with Crippen LogP contribution in [0.4, 0.5) is 0 Å². The zero-order valence-electron chi connectivity index (χ0n) is 8.37. The van der Waals surface area contributed by atoms with Gasteiger partial charge in [-0.25, -0.2) is 0 Å². The minimum atomic E-state index is 0. The molecule has 2 atom stereocenters. The lowest BCUT2D eigenvalue weighted by molar-refractivity contribution is 0.234. The molecular formula is C11H22ClN. The van der Waals surface area contributed by atoms with Gasteiger partial charge in [-0.15, -0.1) is 12.4 Å². The fraction of sp³-hybridized carbons (Fsp3) is 1.00. The lowest BCUT2D eigenvalue weighted by Gasteiger charge is -2.29. The third kappa shape index (κ3) is 2.60. The highest BCUT2D eigenvalue weighted by atomic mass is 35.5. The molecule has 0 amide bonds. The maximum absolute atomic E-state index is 6.11. The van der Waals surface area contributed by atoms with Crippen molar-refractivity contribution in [2.75, 3.05) is 0 Å². The molecule has 0 aliphatic heterocycles. The van der Waals surface area contributed by atoms with E-state index >= 15 is 0 Å². The first kappa shape index (κ1) is 11.3. The number of halogens is 1. The molecular weight excluding hydrogens is 182 g/mol. The Labute approximate surface area is 87.9 Å². The summed E-state index contributed by atoms with van der Waals surface area (Å²) in [6, 6.07) is 0.549. The van der Waals surface area contributed by atoms with Gasteiger partial charge in [0.25, 0.3) is 0 Å². The van der Waals surface area contributed by atoms with Crippen molar-refractivity contribution in [1.82, 2.24) is 0 Å². The van der Waals surface area contributed by atoms with Crippen LogP contribution in [-0.4, -0.2) is 6.04 Å². The summed E-state index contributed by atoms with van der Waals surface area (Å²) >= 11 is 0. The number of hydrogen-bond donors (Lipinski definition) is 1. The molecule has 78 valence electrons. The molecule has 13 heavy (non-hydrogen) atoms. The van der Waals surface area contributed by atoms with Crippen molar-refractivity contribution in [3.63, 3.8) is 0 Å². The Morgan fingerprint density at radius 1 is 0.769 bits per heavy atom. The summed E-state index contributed by atoms with van der Waals surface area (Å²) < 4.78 is 0. The van der Waals surface area contributed by atoms with E-state index < -0.39 is 0 Å². The molecule has 0 spiro atoms. The van der Waals surface area contributed by atoms with Gasteiger partial charge in [0.2, 0.25) is 0 Å². The minimum Gasteiger partial charge on any atom is -0.327 e. The van der Waals surface area contributed by atoms with E-state index in [2.05, 4.69) is 0 Å². The Morgan fingerprint density at radius 3 is 2.00 bits per heavy atom. The van der Waals surface area contributed by atoms with E-state index in [0.29, 0.717) is 6.04 Å². The van der Waals surface area contributed by atoms with Crippen molar-refractivity contribution in [2.24, 2.45) is 17.6 Å². The summed E-state index contributed by atoms with van der Waals surface area (Å²) in [4.78, 5) is 0. The van der Waals surface area contributed by atoms with E-state index in [1.807, 2.05) is 0 Å². The maximum Gasteiger partial charge on any atom is 0.00698 e. The monoisotopic (exact) mass is 203 g/mol. The molecule has 0 radical (unpaired) electrons. The highest BCUT2D eigenvalue weighted by Gasteiger charge is 2.31. The van der Waals surface area contributed by atoms with Gasteiger partial charge in [-0.3, -0.25) is 0 Å². The summed E-state index contributed by atoms with van der Waals surface area (Å²) in [5.74, 6) is 1.89. The minimum absolute atomic E-state index is 0. The van der Waals surface area contributed by atoms with Crippen LogP contribution in [0.1, 0.15) is 51.4 Å². The Hall–Kier alpha value is 0.250. The molecule has 0 aromatic heterocycles. The molecule has 0 aromatic carbocycles. The third-order valence-corrected chi connectivity index (χ3v) is 3.88. The van der Waals surface area contributed by atoms with Crippen molar-refractivity contribution in [2.45, 2.75) is 57.4 Å². The molecule has 2 heteroatoms. The second-order valence-corrected chi connectivity index (χ2v) is 4.66. The van der Waals surface area contributed by atoms with Crippen molar-refractivity contribution in [1.29, 1.82) is 0 Å². The zero-order valence-corrected chi connectivity index (χ0v) is 9.19. The molecule has 2 saturated carbocycles. The highest BCUT2D eigenvalue weighted by molar-refractivity contribution is 5.85. The standard InChI is InChI=1S/C11H21N.ClH/c12-11-8-4-7-10(11)9-5-2-1-3-6-9;/h9-11H,1-8,12H2;1H/t10-,11-;/m1./s1. The van der Waals surface area contributed by atoms with Gasteiger partial charge in [-0.05, 0) is 24.7 Å². The largest absolute Gasteiger partial charge is 0.327 e. The summed E-state index contributed by atoms with van der Waals surface area (Å²) in [7, 11) is 0. The van der Waals surface area contributed by atoms with E-state index in [0.717, 1.165) is 11.8 Å². The Balaban J connectivity index is 0.000000845. The predicted octanol–water partition coefficient (Wildman–Crippen LogP) is 3.12. The molecule has 2 rings (SSSR count). The second kappa shape index (κ2) is 5.21. The van der Waals surface area contributed by atoms with Crippen LogP contribution in [0.3, 0.4) is 0 Å². The van der Waals surface area contributed by atoms with Gasteiger partial charge in [0.05, 0.1) is 0 Å². The topological polar surface area (TPSA) is 26.0 Å². The van der Waals surface area contributed by atoms with Gasteiger partial charge in [0.1, 0.15) is 0 Å². The zero-order chi connectivity index (χ0) is 8.39. The van der Waals surface area contributed by atoms with Crippen LogP contribution in [0.15, 0.2) is 0 Å². The van der Waals surface area contributed by atoms with Crippen LogP contribution in [0.25, 0.3) is 0 Å². The predicted molar refractivity (Wildman–Crippen MR) is 59.1 cm³/mol. The average molecular weight is 204 g/mol. The van der Waals surface area contributed by atoms with Gasteiger partial charge in [0.15, 0.2) is 0 Å².